The average Bonchev–Trinajstić information content (AvgIpc) is 2.71. The fourth-order valence-corrected chi connectivity index (χ4v) is 3.42. The summed E-state index contributed by atoms with van der Waals surface area (Å²) in [4.78, 5) is 4.70. The molecule has 2 aromatic heterocycles. The third kappa shape index (κ3) is 2.06. The third-order valence-electron chi connectivity index (χ3n) is 3.01. The van der Waals surface area contributed by atoms with Crippen LogP contribution < -0.4 is 9.47 Å². The molecular formula is C13H15N2Se+. The summed E-state index contributed by atoms with van der Waals surface area (Å²) in [6, 6.07) is 8.88. The monoisotopic (exact) mass is 279 g/mol. The predicted molar refractivity (Wildman–Crippen MR) is 66.0 cm³/mol. The first-order valence-electron chi connectivity index (χ1n) is 5.68. The van der Waals surface area contributed by atoms with Crippen LogP contribution in [0.4, 0.5) is 5.69 Å². The van der Waals surface area contributed by atoms with E-state index in [0.717, 1.165) is 6.54 Å². The summed E-state index contributed by atoms with van der Waals surface area (Å²) in [5.41, 5.74) is 1.37. The normalized spacial score (nSPS) is 14.9. The van der Waals surface area contributed by atoms with Crippen LogP contribution in [0.1, 0.15) is 10.9 Å². The minimum absolute atomic E-state index is 0.586. The van der Waals surface area contributed by atoms with Gasteiger partial charge in [0.2, 0.25) is 0 Å². The quantitative estimate of drug-likeness (QED) is 0.606. The van der Waals surface area contributed by atoms with Crippen LogP contribution in [0.2, 0.25) is 0 Å². The van der Waals surface area contributed by atoms with Crippen molar-refractivity contribution >= 4 is 20.2 Å². The van der Waals surface area contributed by atoms with Crippen LogP contribution in [0, 0.1) is 0 Å². The van der Waals surface area contributed by atoms with Gasteiger partial charge in [0.15, 0.2) is 0 Å². The van der Waals surface area contributed by atoms with Crippen LogP contribution in [0.5, 0.6) is 0 Å². The number of nitrogens with zero attached hydrogens (tertiary/aromatic N) is 2. The zero-order chi connectivity index (χ0) is 10.8. The number of pyridine rings is 1. The van der Waals surface area contributed by atoms with E-state index in [1.165, 1.54) is 25.2 Å². The molecule has 1 aliphatic rings. The number of hydrogen-bond acceptors (Lipinski definition) is 1. The van der Waals surface area contributed by atoms with E-state index in [4.69, 9.17) is 0 Å². The van der Waals surface area contributed by atoms with Crippen LogP contribution in [0.25, 0.3) is 0 Å². The molecular weight excluding hydrogens is 263 g/mol. The number of aromatic nitrogens is 1. The van der Waals surface area contributed by atoms with Crippen molar-refractivity contribution in [3.8, 4) is 0 Å². The van der Waals surface area contributed by atoms with E-state index in [0.29, 0.717) is 14.5 Å². The first kappa shape index (κ1) is 10.1. The Morgan fingerprint density at radius 3 is 2.56 bits per heavy atom. The molecule has 0 unspecified atom stereocenters. The molecule has 0 saturated carbocycles. The SMILES string of the molecule is c1c[se]c(C[n+]2ccc(N3CCC3)cc2)c1. The molecule has 1 aliphatic heterocycles. The van der Waals surface area contributed by atoms with Gasteiger partial charge in [-0.1, -0.05) is 0 Å². The molecule has 0 bridgehead atoms. The Morgan fingerprint density at radius 1 is 1.19 bits per heavy atom. The first-order valence-corrected chi connectivity index (χ1v) is 7.53. The van der Waals surface area contributed by atoms with Gasteiger partial charge in [0.25, 0.3) is 0 Å². The van der Waals surface area contributed by atoms with Crippen molar-refractivity contribution in [1.29, 1.82) is 0 Å². The Kier molecular flexibility index (Phi) is 2.81. The molecule has 1 saturated heterocycles. The average molecular weight is 278 g/mol. The molecule has 3 heteroatoms. The molecule has 0 aromatic carbocycles. The molecule has 0 spiro atoms. The Hall–Kier alpha value is -1.05. The summed E-state index contributed by atoms with van der Waals surface area (Å²) in [5.74, 6) is 0. The zero-order valence-corrected chi connectivity index (χ0v) is 10.9. The maximum atomic E-state index is 2.42. The van der Waals surface area contributed by atoms with Crippen LogP contribution in [0.3, 0.4) is 0 Å². The molecule has 16 heavy (non-hydrogen) atoms. The second-order valence-electron chi connectivity index (χ2n) is 4.15. The van der Waals surface area contributed by atoms with E-state index in [1.807, 2.05) is 0 Å². The fraction of sp³-hybridized carbons (Fsp3) is 0.308. The van der Waals surface area contributed by atoms with E-state index in [2.05, 4.69) is 51.1 Å². The molecule has 3 heterocycles. The van der Waals surface area contributed by atoms with Crippen molar-refractivity contribution in [2.45, 2.75) is 13.0 Å². The summed E-state index contributed by atoms with van der Waals surface area (Å²) >= 11 is 0.586. The molecule has 0 aliphatic carbocycles. The van der Waals surface area contributed by atoms with Gasteiger partial charge in [0.05, 0.1) is 0 Å². The van der Waals surface area contributed by atoms with Gasteiger partial charge in [-0.05, 0) is 0 Å². The summed E-state index contributed by atoms with van der Waals surface area (Å²) in [6.45, 7) is 3.50. The van der Waals surface area contributed by atoms with Crippen molar-refractivity contribution in [1.82, 2.24) is 0 Å². The van der Waals surface area contributed by atoms with E-state index in [-0.39, 0.29) is 0 Å². The van der Waals surface area contributed by atoms with Gasteiger partial charge in [-0.25, -0.2) is 0 Å². The summed E-state index contributed by atoms with van der Waals surface area (Å²) < 4.78 is 3.82. The molecule has 2 nitrogen and oxygen atoms in total. The van der Waals surface area contributed by atoms with E-state index >= 15 is 0 Å². The van der Waals surface area contributed by atoms with Crippen molar-refractivity contribution in [3.63, 3.8) is 0 Å². The van der Waals surface area contributed by atoms with Gasteiger partial charge in [-0.15, -0.1) is 0 Å². The van der Waals surface area contributed by atoms with Crippen LogP contribution in [-0.2, 0) is 6.54 Å². The third-order valence-corrected chi connectivity index (χ3v) is 4.82. The van der Waals surface area contributed by atoms with Crippen molar-refractivity contribution in [2.75, 3.05) is 18.0 Å². The summed E-state index contributed by atoms with van der Waals surface area (Å²) in [7, 11) is 0. The number of hydrogen-bond donors (Lipinski definition) is 0. The van der Waals surface area contributed by atoms with Gasteiger partial charge < -0.3 is 0 Å². The second kappa shape index (κ2) is 4.44. The van der Waals surface area contributed by atoms with Gasteiger partial charge >= 0.3 is 102 Å². The fourth-order valence-electron chi connectivity index (χ4n) is 1.92. The zero-order valence-electron chi connectivity index (χ0n) is 9.17. The van der Waals surface area contributed by atoms with E-state index in [1.54, 1.807) is 4.44 Å². The van der Waals surface area contributed by atoms with E-state index < -0.39 is 0 Å². The maximum absolute atomic E-state index is 2.42. The van der Waals surface area contributed by atoms with Crippen LogP contribution in [-0.4, -0.2) is 27.6 Å². The number of rotatable bonds is 3. The molecule has 82 valence electrons. The van der Waals surface area contributed by atoms with Crippen molar-refractivity contribution < 1.29 is 4.57 Å². The van der Waals surface area contributed by atoms with Gasteiger partial charge in [-0.2, -0.15) is 0 Å². The standard InChI is InChI=1S/C13H15N2Se/c1-3-13(16-10-1)11-14-8-4-12(5-9-14)15-6-2-7-15/h1,3-5,8-10H,2,6-7,11H2/q+1. The van der Waals surface area contributed by atoms with Crippen LogP contribution >= 0.6 is 0 Å². The predicted octanol–water partition coefficient (Wildman–Crippen LogP) is 1.29. The molecule has 1 fully saturated rings. The molecule has 3 rings (SSSR count). The topological polar surface area (TPSA) is 7.12 Å². The first-order chi connectivity index (χ1) is 7.92. The Morgan fingerprint density at radius 2 is 2.00 bits per heavy atom. The van der Waals surface area contributed by atoms with Gasteiger partial charge in [0.1, 0.15) is 0 Å². The molecule has 2 aromatic rings. The van der Waals surface area contributed by atoms with Crippen LogP contribution in [0.15, 0.2) is 41.6 Å². The Labute approximate surface area is 102 Å². The molecule has 0 amide bonds. The molecule has 0 N–H and O–H groups in total. The Balaban J connectivity index is 1.72. The van der Waals surface area contributed by atoms with E-state index in [9.17, 15) is 0 Å². The minimum atomic E-state index is 0.586. The van der Waals surface area contributed by atoms with Gasteiger partial charge in [-0.3, -0.25) is 0 Å². The van der Waals surface area contributed by atoms with Crippen molar-refractivity contribution in [3.05, 3.63) is 46.0 Å². The van der Waals surface area contributed by atoms with Crippen molar-refractivity contribution in [2.24, 2.45) is 0 Å². The van der Waals surface area contributed by atoms with Gasteiger partial charge in [0, 0.05) is 0 Å². The number of anilines is 1. The Bertz CT molecular complexity index is 443. The molecule has 0 atom stereocenters. The second-order valence-corrected chi connectivity index (χ2v) is 6.31. The summed E-state index contributed by atoms with van der Waals surface area (Å²) in [6.07, 6.45) is 5.74. The molecule has 0 radical (unpaired) electrons. The summed E-state index contributed by atoms with van der Waals surface area (Å²) in [5, 5.41) is 0.